The van der Waals surface area contributed by atoms with Crippen LogP contribution in [0.15, 0.2) is 51.9 Å². The SMILES string of the molecule is CCNC(=NCc1cc(N(C)C)nc2ccccc12)NC(C)c1ccc(C)o1.I. The van der Waals surface area contributed by atoms with E-state index in [-0.39, 0.29) is 30.0 Å². The lowest BCUT2D eigenvalue weighted by molar-refractivity contribution is 0.441. The molecule has 2 aromatic heterocycles. The quantitative estimate of drug-likeness (QED) is 0.289. The molecule has 156 valence electrons. The minimum atomic E-state index is 0. The summed E-state index contributed by atoms with van der Waals surface area (Å²) in [6, 6.07) is 14.3. The summed E-state index contributed by atoms with van der Waals surface area (Å²) in [7, 11) is 4.01. The molecule has 0 aliphatic heterocycles. The molecule has 0 bridgehead atoms. The van der Waals surface area contributed by atoms with Gasteiger partial charge >= 0.3 is 0 Å². The van der Waals surface area contributed by atoms with Crippen LogP contribution in [0, 0.1) is 6.92 Å². The standard InChI is InChI=1S/C22H29N5O.HI/c1-6-23-22(25-16(3)20-12-11-15(2)28-20)24-14-17-13-21(27(4)5)26-19-10-8-7-9-18(17)19;/h7-13,16H,6,14H2,1-5H3,(H2,23,24,25);1H. The predicted octanol–water partition coefficient (Wildman–Crippen LogP) is 4.64. The van der Waals surface area contributed by atoms with Gasteiger partial charge in [0.25, 0.3) is 0 Å². The molecule has 2 N–H and O–H groups in total. The van der Waals surface area contributed by atoms with Crippen LogP contribution in [-0.2, 0) is 6.54 Å². The van der Waals surface area contributed by atoms with Gasteiger partial charge in [0.15, 0.2) is 5.96 Å². The largest absolute Gasteiger partial charge is 0.464 e. The lowest BCUT2D eigenvalue weighted by atomic mass is 10.1. The zero-order chi connectivity index (χ0) is 20.1. The molecular weight excluding hydrogens is 477 g/mol. The Balaban J connectivity index is 0.00000300. The molecule has 7 heteroatoms. The summed E-state index contributed by atoms with van der Waals surface area (Å²) in [5.74, 6) is 3.50. The van der Waals surface area contributed by atoms with Crippen molar-refractivity contribution in [3.63, 3.8) is 0 Å². The zero-order valence-corrected chi connectivity index (χ0v) is 20.0. The van der Waals surface area contributed by atoms with Crippen molar-refractivity contribution in [2.75, 3.05) is 25.5 Å². The summed E-state index contributed by atoms with van der Waals surface area (Å²) in [6.07, 6.45) is 0. The maximum atomic E-state index is 5.73. The highest BCUT2D eigenvalue weighted by Gasteiger charge is 2.12. The Morgan fingerprint density at radius 3 is 2.62 bits per heavy atom. The monoisotopic (exact) mass is 507 g/mol. The molecular formula is C22H30IN5O. The van der Waals surface area contributed by atoms with Crippen LogP contribution in [-0.4, -0.2) is 31.6 Å². The van der Waals surface area contributed by atoms with Crippen LogP contribution in [0.2, 0.25) is 0 Å². The number of hydrogen-bond acceptors (Lipinski definition) is 4. The van der Waals surface area contributed by atoms with Crippen molar-refractivity contribution in [3.05, 3.63) is 59.5 Å². The molecule has 2 heterocycles. The Labute approximate surface area is 189 Å². The zero-order valence-electron chi connectivity index (χ0n) is 17.7. The fourth-order valence-electron chi connectivity index (χ4n) is 3.04. The number of pyridine rings is 1. The number of fused-ring (bicyclic) bond motifs is 1. The van der Waals surface area contributed by atoms with Gasteiger partial charge in [-0.05, 0) is 50.6 Å². The molecule has 29 heavy (non-hydrogen) atoms. The summed E-state index contributed by atoms with van der Waals surface area (Å²) in [6.45, 7) is 7.42. The number of rotatable bonds is 6. The van der Waals surface area contributed by atoms with E-state index in [0.29, 0.717) is 6.54 Å². The van der Waals surface area contributed by atoms with Gasteiger partial charge in [0.1, 0.15) is 17.3 Å². The number of nitrogens with one attached hydrogen (secondary N) is 2. The second-order valence-corrected chi connectivity index (χ2v) is 7.06. The van der Waals surface area contributed by atoms with Crippen molar-refractivity contribution < 1.29 is 4.42 Å². The Kier molecular flexibility index (Phi) is 8.31. The Morgan fingerprint density at radius 1 is 1.21 bits per heavy atom. The molecule has 0 aliphatic rings. The second kappa shape index (κ2) is 10.5. The molecule has 1 unspecified atom stereocenters. The van der Waals surface area contributed by atoms with Gasteiger partial charge < -0.3 is 20.0 Å². The first kappa shape index (κ1) is 23.0. The van der Waals surface area contributed by atoms with Gasteiger partial charge in [-0.3, -0.25) is 0 Å². The van der Waals surface area contributed by atoms with E-state index in [1.54, 1.807) is 0 Å². The maximum absolute atomic E-state index is 5.73. The predicted molar refractivity (Wildman–Crippen MR) is 131 cm³/mol. The smallest absolute Gasteiger partial charge is 0.192 e. The van der Waals surface area contributed by atoms with Gasteiger partial charge in [0, 0.05) is 26.0 Å². The number of halogens is 1. The van der Waals surface area contributed by atoms with Crippen molar-refractivity contribution in [2.45, 2.75) is 33.4 Å². The molecule has 6 nitrogen and oxygen atoms in total. The van der Waals surface area contributed by atoms with E-state index in [1.165, 1.54) is 0 Å². The van der Waals surface area contributed by atoms with E-state index in [0.717, 1.165) is 46.3 Å². The number of guanidine groups is 1. The first-order valence-corrected chi connectivity index (χ1v) is 9.65. The highest BCUT2D eigenvalue weighted by molar-refractivity contribution is 14.0. The maximum Gasteiger partial charge on any atom is 0.192 e. The van der Waals surface area contributed by atoms with Crippen LogP contribution in [0.3, 0.4) is 0 Å². The summed E-state index contributed by atoms with van der Waals surface area (Å²) >= 11 is 0. The lowest BCUT2D eigenvalue weighted by Crippen LogP contribution is -2.38. The molecule has 3 rings (SSSR count). The number of aromatic nitrogens is 1. The summed E-state index contributed by atoms with van der Waals surface area (Å²) in [4.78, 5) is 11.6. The molecule has 1 atom stereocenters. The lowest BCUT2D eigenvalue weighted by Gasteiger charge is -2.17. The summed E-state index contributed by atoms with van der Waals surface area (Å²) < 4.78 is 5.73. The van der Waals surface area contributed by atoms with Crippen molar-refractivity contribution in [2.24, 2.45) is 4.99 Å². The number of furan rings is 1. The van der Waals surface area contributed by atoms with E-state index in [4.69, 9.17) is 14.4 Å². The highest BCUT2D eigenvalue weighted by atomic mass is 127. The molecule has 1 aromatic carbocycles. The van der Waals surface area contributed by atoms with Crippen LogP contribution in [0.5, 0.6) is 0 Å². The average Bonchev–Trinajstić information content (AvgIpc) is 3.12. The summed E-state index contributed by atoms with van der Waals surface area (Å²) in [5.41, 5.74) is 2.13. The fourth-order valence-corrected chi connectivity index (χ4v) is 3.04. The van der Waals surface area contributed by atoms with Gasteiger partial charge in [-0.25, -0.2) is 9.98 Å². The number of nitrogens with zero attached hydrogens (tertiary/aromatic N) is 3. The highest BCUT2D eigenvalue weighted by Crippen LogP contribution is 2.23. The second-order valence-electron chi connectivity index (χ2n) is 7.06. The number of hydrogen-bond donors (Lipinski definition) is 2. The van der Waals surface area contributed by atoms with Gasteiger partial charge in [-0.2, -0.15) is 0 Å². The third-order valence-corrected chi connectivity index (χ3v) is 4.54. The van der Waals surface area contributed by atoms with E-state index in [2.05, 4.69) is 36.6 Å². The van der Waals surface area contributed by atoms with Crippen LogP contribution in [0.4, 0.5) is 5.82 Å². The molecule has 0 amide bonds. The van der Waals surface area contributed by atoms with Crippen molar-refractivity contribution in [1.29, 1.82) is 0 Å². The molecule has 0 radical (unpaired) electrons. The van der Waals surface area contributed by atoms with Crippen LogP contribution >= 0.6 is 24.0 Å². The normalized spacial score (nSPS) is 12.4. The number of aliphatic imine (C=N–C) groups is 1. The number of benzene rings is 1. The summed E-state index contributed by atoms with van der Waals surface area (Å²) in [5, 5.41) is 7.87. The molecule has 0 fully saturated rings. The Hall–Kier alpha value is -2.29. The third-order valence-electron chi connectivity index (χ3n) is 4.54. The topological polar surface area (TPSA) is 65.7 Å². The molecule has 0 spiro atoms. The van der Waals surface area contributed by atoms with E-state index < -0.39 is 0 Å². The first-order chi connectivity index (χ1) is 13.5. The van der Waals surface area contributed by atoms with E-state index >= 15 is 0 Å². The van der Waals surface area contributed by atoms with Crippen molar-refractivity contribution in [3.8, 4) is 0 Å². The van der Waals surface area contributed by atoms with Crippen LogP contribution in [0.25, 0.3) is 10.9 Å². The van der Waals surface area contributed by atoms with Crippen molar-refractivity contribution in [1.82, 2.24) is 15.6 Å². The molecule has 3 aromatic rings. The van der Waals surface area contributed by atoms with Gasteiger partial charge in [0.2, 0.25) is 0 Å². The van der Waals surface area contributed by atoms with Gasteiger partial charge in [0.05, 0.1) is 18.1 Å². The Morgan fingerprint density at radius 2 is 1.97 bits per heavy atom. The Bertz CT molecular complexity index is 967. The van der Waals surface area contributed by atoms with E-state index in [1.807, 2.05) is 56.3 Å². The number of para-hydroxylation sites is 1. The van der Waals surface area contributed by atoms with Crippen LogP contribution < -0.4 is 15.5 Å². The molecule has 0 aliphatic carbocycles. The van der Waals surface area contributed by atoms with Crippen LogP contribution in [0.1, 0.15) is 37.0 Å². The van der Waals surface area contributed by atoms with E-state index in [9.17, 15) is 0 Å². The minimum Gasteiger partial charge on any atom is -0.464 e. The third kappa shape index (κ3) is 5.85. The average molecular weight is 507 g/mol. The minimum absolute atomic E-state index is 0. The molecule has 0 saturated heterocycles. The fraction of sp³-hybridized carbons (Fsp3) is 0.364. The number of aryl methyl sites for hydroxylation is 1. The molecule has 0 saturated carbocycles. The number of anilines is 1. The van der Waals surface area contributed by atoms with Crippen molar-refractivity contribution >= 4 is 46.7 Å². The first-order valence-electron chi connectivity index (χ1n) is 9.65. The van der Waals surface area contributed by atoms with Gasteiger partial charge in [-0.1, -0.05) is 18.2 Å². The van der Waals surface area contributed by atoms with Gasteiger partial charge in [-0.15, -0.1) is 24.0 Å².